The van der Waals surface area contributed by atoms with Gasteiger partial charge < -0.3 is 0 Å². The first-order chi connectivity index (χ1) is 10.2. The summed E-state index contributed by atoms with van der Waals surface area (Å²) in [4.78, 5) is 0. The van der Waals surface area contributed by atoms with Crippen molar-refractivity contribution in [3.8, 4) is 11.8 Å². The van der Waals surface area contributed by atoms with Crippen LogP contribution in [0.15, 0.2) is 48.5 Å². The summed E-state index contributed by atoms with van der Waals surface area (Å²) < 4.78 is 76.8. The topological polar surface area (TPSA) is 0 Å². The molecule has 0 nitrogen and oxygen atoms in total. The number of alkyl halides is 6. The second kappa shape index (κ2) is 5.76. The van der Waals surface area contributed by atoms with Crippen molar-refractivity contribution in [2.45, 2.75) is 12.4 Å². The molecule has 0 amide bonds. The Balaban J connectivity index is 2.50. The van der Waals surface area contributed by atoms with E-state index in [0.29, 0.717) is 0 Å². The second-order valence-corrected chi connectivity index (χ2v) is 4.34. The fraction of sp³-hybridized carbons (Fsp3) is 0.125. The van der Waals surface area contributed by atoms with Gasteiger partial charge in [-0.05, 0) is 24.3 Å². The van der Waals surface area contributed by atoms with Crippen molar-refractivity contribution in [2.75, 3.05) is 0 Å². The zero-order valence-corrected chi connectivity index (χ0v) is 10.9. The summed E-state index contributed by atoms with van der Waals surface area (Å²) in [5, 5.41) is 0. The summed E-state index contributed by atoms with van der Waals surface area (Å²) in [5.41, 5.74) is -2.70. The van der Waals surface area contributed by atoms with E-state index in [1.54, 1.807) is 0 Å². The van der Waals surface area contributed by atoms with Crippen molar-refractivity contribution < 1.29 is 26.3 Å². The predicted molar refractivity (Wildman–Crippen MR) is 68.9 cm³/mol. The third kappa shape index (κ3) is 3.61. The Kier molecular flexibility index (Phi) is 4.18. The van der Waals surface area contributed by atoms with Gasteiger partial charge in [-0.1, -0.05) is 36.1 Å². The van der Waals surface area contributed by atoms with E-state index < -0.39 is 23.5 Å². The van der Waals surface area contributed by atoms with E-state index in [1.807, 2.05) is 0 Å². The maximum Gasteiger partial charge on any atom is 0.417 e. The molecule has 2 aromatic rings. The lowest BCUT2D eigenvalue weighted by molar-refractivity contribution is -0.138. The minimum absolute atomic E-state index is 0.369. The first-order valence-corrected chi connectivity index (χ1v) is 6.04. The van der Waals surface area contributed by atoms with E-state index >= 15 is 0 Å². The van der Waals surface area contributed by atoms with Crippen molar-refractivity contribution in [1.82, 2.24) is 0 Å². The van der Waals surface area contributed by atoms with Crippen molar-refractivity contribution in [3.05, 3.63) is 70.8 Å². The zero-order valence-electron chi connectivity index (χ0n) is 10.9. The van der Waals surface area contributed by atoms with Crippen LogP contribution in [0.5, 0.6) is 0 Å². The van der Waals surface area contributed by atoms with Crippen molar-refractivity contribution >= 4 is 0 Å². The first-order valence-electron chi connectivity index (χ1n) is 6.04. The molecule has 0 aliphatic heterocycles. The Labute approximate surface area is 122 Å². The molecule has 114 valence electrons. The van der Waals surface area contributed by atoms with Crippen molar-refractivity contribution in [2.24, 2.45) is 0 Å². The molecular weight excluding hydrogens is 306 g/mol. The Morgan fingerprint density at radius 1 is 0.545 bits per heavy atom. The summed E-state index contributed by atoms with van der Waals surface area (Å²) >= 11 is 0. The van der Waals surface area contributed by atoms with E-state index in [-0.39, 0.29) is 11.1 Å². The molecule has 0 saturated carbocycles. The predicted octanol–water partition coefficient (Wildman–Crippen LogP) is 5.12. The molecule has 6 heteroatoms. The molecule has 0 spiro atoms. The third-order valence-corrected chi connectivity index (χ3v) is 2.80. The van der Waals surface area contributed by atoms with Gasteiger partial charge >= 0.3 is 12.4 Å². The lowest BCUT2D eigenvalue weighted by atomic mass is 10.0. The fourth-order valence-corrected chi connectivity index (χ4v) is 1.81. The molecule has 0 fully saturated rings. The molecule has 0 atom stereocenters. The summed E-state index contributed by atoms with van der Waals surface area (Å²) in [5.74, 6) is 4.36. The Bertz CT molecular complexity index is 667. The van der Waals surface area contributed by atoms with E-state index in [4.69, 9.17) is 0 Å². The minimum atomic E-state index is -4.62. The van der Waals surface area contributed by atoms with E-state index in [9.17, 15) is 26.3 Å². The molecule has 0 aliphatic rings. The number of halogens is 6. The maximum atomic E-state index is 12.8. The molecule has 0 saturated heterocycles. The Hall–Kier alpha value is -2.42. The molecule has 2 aromatic carbocycles. The first kappa shape index (κ1) is 16.0. The highest BCUT2D eigenvalue weighted by Crippen LogP contribution is 2.33. The van der Waals surface area contributed by atoms with E-state index in [0.717, 1.165) is 24.3 Å². The molecular formula is C16H8F6. The fourth-order valence-electron chi connectivity index (χ4n) is 1.81. The molecule has 0 bridgehead atoms. The highest BCUT2D eigenvalue weighted by atomic mass is 19.4. The van der Waals surface area contributed by atoms with Crippen LogP contribution < -0.4 is 0 Å². The zero-order chi connectivity index (χ0) is 16.4. The van der Waals surface area contributed by atoms with Crippen LogP contribution in [0.2, 0.25) is 0 Å². The van der Waals surface area contributed by atoms with Gasteiger partial charge in [-0.15, -0.1) is 0 Å². The second-order valence-electron chi connectivity index (χ2n) is 4.34. The van der Waals surface area contributed by atoms with Gasteiger partial charge in [-0.25, -0.2) is 0 Å². The lowest BCUT2D eigenvalue weighted by Gasteiger charge is -2.09. The molecule has 0 aromatic heterocycles. The lowest BCUT2D eigenvalue weighted by Crippen LogP contribution is -2.08. The van der Waals surface area contributed by atoms with Gasteiger partial charge in [0.05, 0.1) is 11.1 Å². The number of hydrogen-bond acceptors (Lipinski definition) is 0. The van der Waals surface area contributed by atoms with E-state index in [1.165, 1.54) is 24.3 Å². The average molecular weight is 314 g/mol. The van der Waals surface area contributed by atoms with Gasteiger partial charge in [0.1, 0.15) is 0 Å². The van der Waals surface area contributed by atoms with Crippen LogP contribution in [0, 0.1) is 11.8 Å². The summed E-state index contributed by atoms with van der Waals surface area (Å²) in [7, 11) is 0. The van der Waals surface area contributed by atoms with Crippen LogP contribution in [0.4, 0.5) is 26.3 Å². The molecule has 0 heterocycles. The number of benzene rings is 2. The standard InChI is InChI=1S/C16H8F6/c17-15(18,19)13-7-3-1-5-11(13)9-10-12-6-2-4-8-14(12)16(20,21)22/h1-8H. The molecule has 0 aliphatic carbocycles. The van der Waals surface area contributed by atoms with Gasteiger partial charge in [-0.2, -0.15) is 26.3 Å². The largest absolute Gasteiger partial charge is 0.417 e. The quantitative estimate of drug-likeness (QED) is 0.467. The van der Waals surface area contributed by atoms with Crippen molar-refractivity contribution in [1.29, 1.82) is 0 Å². The van der Waals surface area contributed by atoms with Crippen LogP contribution >= 0.6 is 0 Å². The van der Waals surface area contributed by atoms with Gasteiger partial charge in [0.25, 0.3) is 0 Å². The Morgan fingerprint density at radius 2 is 0.864 bits per heavy atom. The van der Waals surface area contributed by atoms with Gasteiger partial charge in [-0.3, -0.25) is 0 Å². The summed E-state index contributed by atoms with van der Waals surface area (Å²) in [6.45, 7) is 0. The van der Waals surface area contributed by atoms with Crippen LogP contribution in [0.1, 0.15) is 22.3 Å². The minimum Gasteiger partial charge on any atom is -0.166 e. The highest BCUT2D eigenvalue weighted by Gasteiger charge is 2.33. The third-order valence-electron chi connectivity index (χ3n) is 2.80. The smallest absolute Gasteiger partial charge is 0.166 e. The van der Waals surface area contributed by atoms with Gasteiger partial charge in [0.15, 0.2) is 0 Å². The molecule has 0 N–H and O–H groups in total. The van der Waals surface area contributed by atoms with Crippen molar-refractivity contribution in [3.63, 3.8) is 0 Å². The molecule has 2 rings (SSSR count). The normalized spacial score (nSPS) is 11.7. The SMILES string of the molecule is FC(F)(F)c1ccccc1C#Cc1ccccc1C(F)(F)F. The number of rotatable bonds is 0. The van der Waals surface area contributed by atoms with Crippen LogP contribution in [0.25, 0.3) is 0 Å². The van der Waals surface area contributed by atoms with E-state index in [2.05, 4.69) is 11.8 Å². The monoisotopic (exact) mass is 314 g/mol. The Morgan fingerprint density at radius 3 is 1.18 bits per heavy atom. The average Bonchev–Trinajstić information content (AvgIpc) is 2.44. The maximum absolute atomic E-state index is 12.8. The molecule has 22 heavy (non-hydrogen) atoms. The number of hydrogen-bond donors (Lipinski definition) is 0. The highest BCUT2D eigenvalue weighted by molar-refractivity contribution is 5.50. The van der Waals surface area contributed by atoms with Crippen LogP contribution in [-0.4, -0.2) is 0 Å². The van der Waals surface area contributed by atoms with Crippen LogP contribution in [-0.2, 0) is 12.4 Å². The summed E-state index contributed by atoms with van der Waals surface area (Å²) in [6, 6.07) is 8.97. The van der Waals surface area contributed by atoms with Crippen LogP contribution in [0.3, 0.4) is 0 Å². The van der Waals surface area contributed by atoms with Gasteiger partial charge in [0, 0.05) is 11.1 Å². The molecule has 0 unspecified atom stereocenters. The summed E-state index contributed by atoms with van der Waals surface area (Å²) in [6.07, 6.45) is -9.23. The molecule has 0 radical (unpaired) electrons. The van der Waals surface area contributed by atoms with Gasteiger partial charge in [0.2, 0.25) is 0 Å².